The quantitative estimate of drug-likeness (QED) is 0.499. The summed E-state index contributed by atoms with van der Waals surface area (Å²) in [6.45, 7) is 1.72. The smallest absolute Gasteiger partial charge is 0.237 e. The molecule has 0 aliphatic rings. The highest BCUT2D eigenvalue weighted by atomic mass is 32.2. The fourth-order valence-electron chi connectivity index (χ4n) is 2.31. The maximum Gasteiger partial charge on any atom is 0.237 e. The van der Waals surface area contributed by atoms with Gasteiger partial charge >= 0.3 is 0 Å². The van der Waals surface area contributed by atoms with Gasteiger partial charge in [0.25, 0.3) is 0 Å². The standard InChI is InChI=1S/C18H18FN5O2S/c1-11(17(25)21-12-7-9-13(26-2)10-8-12)27-18-23-22-16(24(18)20)14-5-3-4-6-15(14)19/h3-11H,20H2,1-2H3,(H,21,25)/t11-/m0/s1. The molecule has 0 radical (unpaired) electrons. The molecule has 2 aromatic carbocycles. The average molecular weight is 387 g/mol. The number of carbonyl (C=O) groups is 1. The van der Waals surface area contributed by atoms with Crippen LogP contribution in [-0.4, -0.2) is 33.1 Å². The summed E-state index contributed by atoms with van der Waals surface area (Å²) in [5.41, 5.74) is 0.893. The second-order valence-electron chi connectivity index (χ2n) is 5.63. The van der Waals surface area contributed by atoms with E-state index >= 15 is 0 Å². The van der Waals surface area contributed by atoms with E-state index in [4.69, 9.17) is 10.6 Å². The predicted molar refractivity (Wildman–Crippen MR) is 103 cm³/mol. The molecule has 0 bridgehead atoms. The number of anilines is 1. The Morgan fingerprint density at radius 2 is 1.93 bits per heavy atom. The minimum atomic E-state index is -0.493. The summed E-state index contributed by atoms with van der Waals surface area (Å²) in [5.74, 6) is 6.22. The Hall–Kier alpha value is -3.07. The number of rotatable bonds is 6. The Labute approximate surface area is 159 Å². The van der Waals surface area contributed by atoms with Gasteiger partial charge in [0.15, 0.2) is 5.82 Å². The number of halogens is 1. The van der Waals surface area contributed by atoms with Crippen LogP contribution in [0.15, 0.2) is 53.7 Å². The van der Waals surface area contributed by atoms with Crippen LogP contribution in [0, 0.1) is 5.82 Å². The zero-order valence-electron chi connectivity index (χ0n) is 14.7. The van der Waals surface area contributed by atoms with Crippen molar-refractivity contribution in [3.63, 3.8) is 0 Å². The summed E-state index contributed by atoms with van der Waals surface area (Å²) in [7, 11) is 1.57. The van der Waals surface area contributed by atoms with Gasteiger partial charge in [0.2, 0.25) is 11.1 Å². The summed E-state index contributed by atoms with van der Waals surface area (Å²) < 4.78 is 20.2. The molecule has 1 atom stereocenters. The molecule has 0 unspecified atom stereocenters. The number of methoxy groups -OCH3 is 1. The highest BCUT2D eigenvalue weighted by molar-refractivity contribution is 8.00. The van der Waals surface area contributed by atoms with Crippen molar-refractivity contribution in [1.29, 1.82) is 0 Å². The second-order valence-corrected chi connectivity index (χ2v) is 6.94. The number of carbonyl (C=O) groups excluding carboxylic acids is 1. The number of hydrogen-bond acceptors (Lipinski definition) is 6. The van der Waals surface area contributed by atoms with E-state index in [9.17, 15) is 9.18 Å². The van der Waals surface area contributed by atoms with Crippen LogP contribution in [-0.2, 0) is 4.79 Å². The van der Waals surface area contributed by atoms with Gasteiger partial charge < -0.3 is 15.9 Å². The van der Waals surface area contributed by atoms with Crippen molar-refractivity contribution in [2.45, 2.75) is 17.3 Å². The fraction of sp³-hybridized carbons (Fsp3) is 0.167. The number of nitrogens with one attached hydrogen (secondary N) is 1. The van der Waals surface area contributed by atoms with Crippen molar-refractivity contribution in [2.24, 2.45) is 0 Å². The lowest BCUT2D eigenvalue weighted by Crippen LogP contribution is -2.23. The SMILES string of the molecule is COc1ccc(NC(=O)[C@H](C)Sc2nnc(-c3ccccc3F)n2N)cc1. The van der Waals surface area contributed by atoms with Crippen LogP contribution < -0.4 is 15.9 Å². The molecular weight excluding hydrogens is 369 g/mol. The summed E-state index contributed by atoms with van der Waals surface area (Å²) in [4.78, 5) is 12.4. The van der Waals surface area contributed by atoms with Crippen LogP contribution in [0.5, 0.6) is 5.75 Å². The highest BCUT2D eigenvalue weighted by Gasteiger charge is 2.21. The number of thioether (sulfide) groups is 1. The molecule has 3 aromatic rings. The van der Waals surface area contributed by atoms with Crippen LogP contribution in [0.4, 0.5) is 10.1 Å². The molecular formula is C18H18FN5O2S. The van der Waals surface area contributed by atoms with Gasteiger partial charge in [-0.25, -0.2) is 9.07 Å². The van der Waals surface area contributed by atoms with Crippen LogP contribution in [0.2, 0.25) is 0 Å². The molecule has 0 spiro atoms. The van der Waals surface area contributed by atoms with E-state index in [2.05, 4.69) is 15.5 Å². The number of nitrogens with zero attached hydrogens (tertiary/aromatic N) is 3. The van der Waals surface area contributed by atoms with Gasteiger partial charge in [-0.05, 0) is 43.3 Å². The van der Waals surface area contributed by atoms with Gasteiger partial charge in [0.1, 0.15) is 11.6 Å². The Morgan fingerprint density at radius 1 is 1.22 bits per heavy atom. The number of aromatic nitrogens is 3. The summed E-state index contributed by atoms with van der Waals surface area (Å²) in [6.07, 6.45) is 0. The van der Waals surface area contributed by atoms with E-state index in [1.165, 1.54) is 10.7 Å². The number of nitrogen functional groups attached to an aromatic ring is 1. The predicted octanol–water partition coefficient (Wildman–Crippen LogP) is 2.93. The van der Waals surface area contributed by atoms with Gasteiger partial charge in [-0.3, -0.25) is 4.79 Å². The molecule has 0 saturated heterocycles. The average Bonchev–Trinajstić information content (AvgIpc) is 3.03. The lowest BCUT2D eigenvalue weighted by molar-refractivity contribution is -0.115. The minimum absolute atomic E-state index is 0.193. The van der Waals surface area contributed by atoms with Crippen LogP contribution in [0.25, 0.3) is 11.4 Å². The minimum Gasteiger partial charge on any atom is -0.497 e. The molecule has 7 nitrogen and oxygen atoms in total. The maximum absolute atomic E-state index is 13.9. The first-order valence-corrected chi connectivity index (χ1v) is 8.94. The van der Waals surface area contributed by atoms with Crippen molar-refractivity contribution in [2.75, 3.05) is 18.3 Å². The maximum atomic E-state index is 13.9. The first kappa shape index (κ1) is 18.7. The molecule has 9 heteroatoms. The molecule has 3 rings (SSSR count). The number of ether oxygens (including phenoxy) is 1. The molecule has 1 aromatic heterocycles. The summed E-state index contributed by atoms with van der Waals surface area (Å²) in [6, 6.07) is 13.2. The molecule has 27 heavy (non-hydrogen) atoms. The number of amides is 1. The van der Waals surface area contributed by atoms with Crippen molar-refractivity contribution >= 4 is 23.4 Å². The van der Waals surface area contributed by atoms with E-state index in [1.807, 2.05) is 0 Å². The van der Waals surface area contributed by atoms with Crippen molar-refractivity contribution in [3.05, 3.63) is 54.3 Å². The summed E-state index contributed by atoms with van der Waals surface area (Å²) in [5, 5.41) is 10.5. The molecule has 0 fully saturated rings. The number of benzene rings is 2. The van der Waals surface area contributed by atoms with Crippen molar-refractivity contribution in [3.8, 4) is 17.1 Å². The zero-order valence-corrected chi connectivity index (χ0v) is 15.5. The lowest BCUT2D eigenvalue weighted by Gasteiger charge is -2.12. The molecule has 0 aliphatic carbocycles. The van der Waals surface area contributed by atoms with Gasteiger partial charge in [-0.15, -0.1) is 10.2 Å². The topological polar surface area (TPSA) is 95.1 Å². The van der Waals surface area contributed by atoms with E-state index in [0.29, 0.717) is 16.6 Å². The largest absolute Gasteiger partial charge is 0.497 e. The monoisotopic (exact) mass is 387 g/mol. The molecule has 140 valence electrons. The number of nitrogens with two attached hydrogens (primary N) is 1. The Kier molecular flexibility index (Phi) is 5.60. The molecule has 1 heterocycles. The van der Waals surface area contributed by atoms with E-state index < -0.39 is 11.1 Å². The Bertz CT molecular complexity index is 945. The third-order valence-corrected chi connectivity index (χ3v) is 4.85. The third kappa shape index (κ3) is 4.20. The van der Waals surface area contributed by atoms with E-state index in [-0.39, 0.29) is 17.3 Å². The molecule has 0 saturated carbocycles. The molecule has 1 amide bonds. The second kappa shape index (κ2) is 8.09. The van der Waals surface area contributed by atoms with Gasteiger partial charge in [-0.1, -0.05) is 23.9 Å². The Balaban J connectivity index is 1.69. The zero-order chi connectivity index (χ0) is 19.4. The van der Waals surface area contributed by atoms with Crippen LogP contribution in [0.1, 0.15) is 6.92 Å². The van der Waals surface area contributed by atoms with Crippen molar-refractivity contribution < 1.29 is 13.9 Å². The van der Waals surface area contributed by atoms with E-state index in [1.54, 1.807) is 56.5 Å². The highest BCUT2D eigenvalue weighted by Crippen LogP contribution is 2.26. The van der Waals surface area contributed by atoms with Crippen LogP contribution in [0.3, 0.4) is 0 Å². The van der Waals surface area contributed by atoms with Gasteiger partial charge in [-0.2, -0.15) is 0 Å². The number of hydrogen-bond donors (Lipinski definition) is 2. The Morgan fingerprint density at radius 3 is 2.59 bits per heavy atom. The van der Waals surface area contributed by atoms with Gasteiger partial charge in [0, 0.05) is 5.69 Å². The first-order chi connectivity index (χ1) is 13.0. The van der Waals surface area contributed by atoms with Gasteiger partial charge in [0.05, 0.1) is 17.9 Å². The first-order valence-electron chi connectivity index (χ1n) is 8.06. The molecule has 0 aliphatic heterocycles. The third-order valence-electron chi connectivity index (χ3n) is 3.79. The van der Waals surface area contributed by atoms with Crippen molar-refractivity contribution in [1.82, 2.24) is 14.9 Å². The summed E-state index contributed by atoms with van der Waals surface area (Å²) >= 11 is 1.13. The lowest BCUT2D eigenvalue weighted by atomic mass is 10.2. The fourth-order valence-corrected chi connectivity index (χ4v) is 3.08. The normalized spacial score (nSPS) is 11.8. The van der Waals surface area contributed by atoms with Crippen LogP contribution >= 0.6 is 11.8 Å². The molecule has 3 N–H and O–H groups in total. The van der Waals surface area contributed by atoms with E-state index in [0.717, 1.165) is 11.8 Å².